The first-order valence-electron chi connectivity index (χ1n) is 9.29. The van der Waals surface area contributed by atoms with Crippen LogP contribution in [0.15, 0.2) is 47.3 Å². The summed E-state index contributed by atoms with van der Waals surface area (Å²) in [6, 6.07) is 9.13. The lowest BCUT2D eigenvalue weighted by atomic mass is 10.2. The smallest absolute Gasteiger partial charge is 0.267 e. The molecule has 4 aromatic rings. The minimum atomic E-state index is -0.189. The molecule has 0 unspecified atom stereocenters. The van der Waals surface area contributed by atoms with E-state index in [1.807, 2.05) is 59.8 Å². The molecule has 30 heavy (non-hydrogen) atoms. The summed E-state index contributed by atoms with van der Waals surface area (Å²) < 4.78 is 7.61. The summed E-state index contributed by atoms with van der Waals surface area (Å²) in [7, 11) is 0. The molecule has 0 aliphatic rings. The number of ether oxygens (including phenoxy) is 1. The molecule has 3 aromatic heterocycles. The first-order valence-corrected chi connectivity index (χ1v) is 11.4. The zero-order valence-electron chi connectivity index (χ0n) is 16.4. The molecule has 3 heterocycles. The number of nitrogens with one attached hydrogen (secondary N) is 1. The SMILES string of the molecule is CCn1cc(-c2csc(NC(=O)c3cc(COc4ccccc4Cl)cs3)n2)c(C)n1. The molecule has 0 saturated heterocycles. The van der Waals surface area contributed by atoms with Crippen LogP contribution in [0.5, 0.6) is 5.75 Å². The highest BCUT2D eigenvalue weighted by Crippen LogP contribution is 2.28. The molecule has 6 nitrogen and oxygen atoms in total. The first-order chi connectivity index (χ1) is 14.5. The first kappa shape index (κ1) is 20.6. The van der Waals surface area contributed by atoms with E-state index in [1.165, 1.54) is 22.7 Å². The Bertz CT molecular complexity index is 1180. The number of carbonyl (C=O) groups excluding carboxylic acids is 1. The summed E-state index contributed by atoms with van der Waals surface area (Å²) in [5, 5.41) is 12.3. The van der Waals surface area contributed by atoms with Crippen molar-refractivity contribution in [3.05, 3.63) is 68.4 Å². The average Bonchev–Trinajstić information content (AvgIpc) is 3.47. The van der Waals surface area contributed by atoms with E-state index in [0.717, 1.165) is 29.1 Å². The fourth-order valence-corrected chi connectivity index (χ4v) is 4.53. The second-order valence-electron chi connectivity index (χ2n) is 6.51. The number of hydrogen-bond acceptors (Lipinski definition) is 6. The van der Waals surface area contributed by atoms with Crippen molar-refractivity contribution < 1.29 is 9.53 Å². The van der Waals surface area contributed by atoms with E-state index in [9.17, 15) is 4.79 Å². The third-order valence-corrected chi connectivity index (χ3v) is 6.43. The van der Waals surface area contributed by atoms with Crippen LogP contribution in [0.3, 0.4) is 0 Å². The Labute approximate surface area is 187 Å². The minimum Gasteiger partial charge on any atom is -0.487 e. The summed E-state index contributed by atoms with van der Waals surface area (Å²) in [6.07, 6.45) is 1.97. The second kappa shape index (κ2) is 8.99. The van der Waals surface area contributed by atoms with Crippen LogP contribution in [0.25, 0.3) is 11.3 Å². The van der Waals surface area contributed by atoms with Gasteiger partial charge in [-0.2, -0.15) is 5.10 Å². The molecule has 9 heteroatoms. The van der Waals surface area contributed by atoms with Gasteiger partial charge in [-0.3, -0.25) is 14.8 Å². The van der Waals surface area contributed by atoms with Gasteiger partial charge in [0, 0.05) is 29.2 Å². The molecule has 154 valence electrons. The lowest BCUT2D eigenvalue weighted by molar-refractivity contribution is 0.103. The topological polar surface area (TPSA) is 69.0 Å². The number of nitrogens with zero attached hydrogens (tertiary/aromatic N) is 3. The van der Waals surface area contributed by atoms with Crippen LogP contribution in [-0.2, 0) is 13.2 Å². The lowest BCUT2D eigenvalue weighted by Crippen LogP contribution is -2.09. The molecule has 0 fully saturated rings. The number of thiophene rings is 1. The van der Waals surface area contributed by atoms with Gasteiger partial charge in [-0.1, -0.05) is 23.7 Å². The van der Waals surface area contributed by atoms with Crippen LogP contribution in [0.1, 0.15) is 27.9 Å². The van der Waals surface area contributed by atoms with Crippen LogP contribution in [0.2, 0.25) is 5.02 Å². The molecular formula is C21H19ClN4O2S2. The third-order valence-electron chi connectivity index (χ3n) is 4.38. The fraction of sp³-hybridized carbons (Fsp3) is 0.190. The number of para-hydroxylation sites is 1. The molecule has 0 aliphatic heterocycles. The van der Waals surface area contributed by atoms with Gasteiger partial charge in [0.15, 0.2) is 5.13 Å². The lowest BCUT2D eigenvalue weighted by Gasteiger charge is -2.06. The largest absolute Gasteiger partial charge is 0.487 e. The van der Waals surface area contributed by atoms with E-state index in [2.05, 4.69) is 15.4 Å². The van der Waals surface area contributed by atoms with Crippen molar-refractivity contribution >= 4 is 45.3 Å². The number of thiazole rings is 1. The normalized spacial score (nSPS) is 10.9. The van der Waals surface area contributed by atoms with Crippen molar-refractivity contribution in [2.75, 3.05) is 5.32 Å². The van der Waals surface area contributed by atoms with Gasteiger partial charge in [0.2, 0.25) is 0 Å². The van der Waals surface area contributed by atoms with Crippen LogP contribution in [0, 0.1) is 6.92 Å². The number of hydrogen-bond donors (Lipinski definition) is 1. The maximum atomic E-state index is 12.6. The van der Waals surface area contributed by atoms with Crippen LogP contribution < -0.4 is 10.1 Å². The van der Waals surface area contributed by atoms with Crippen molar-refractivity contribution in [2.45, 2.75) is 27.0 Å². The van der Waals surface area contributed by atoms with E-state index >= 15 is 0 Å². The molecule has 0 aliphatic carbocycles. The van der Waals surface area contributed by atoms with Crippen molar-refractivity contribution in [3.63, 3.8) is 0 Å². The number of rotatable bonds is 7. The number of amides is 1. The Kier molecular flexibility index (Phi) is 6.17. The van der Waals surface area contributed by atoms with Gasteiger partial charge in [-0.05, 0) is 37.4 Å². The molecule has 4 rings (SSSR count). The number of benzene rings is 1. The minimum absolute atomic E-state index is 0.189. The monoisotopic (exact) mass is 458 g/mol. The predicted octanol–water partition coefficient (Wildman–Crippen LogP) is 5.88. The van der Waals surface area contributed by atoms with Gasteiger partial charge in [-0.25, -0.2) is 4.98 Å². The predicted molar refractivity (Wildman–Crippen MR) is 122 cm³/mol. The Morgan fingerprint density at radius 2 is 2.10 bits per heavy atom. The molecule has 0 radical (unpaired) electrons. The second-order valence-corrected chi connectivity index (χ2v) is 8.69. The van der Waals surface area contributed by atoms with Crippen LogP contribution >= 0.6 is 34.3 Å². The Hall–Kier alpha value is -2.68. The van der Waals surface area contributed by atoms with Crippen molar-refractivity contribution in [1.82, 2.24) is 14.8 Å². The van der Waals surface area contributed by atoms with Gasteiger partial charge in [0.25, 0.3) is 5.91 Å². The van der Waals surface area contributed by atoms with Crippen LogP contribution in [-0.4, -0.2) is 20.7 Å². The van der Waals surface area contributed by atoms with Crippen LogP contribution in [0.4, 0.5) is 5.13 Å². The van der Waals surface area contributed by atoms with Crippen molar-refractivity contribution in [3.8, 4) is 17.0 Å². The van der Waals surface area contributed by atoms with E-state index < -0.39 is 0 Å². The fourth-order valence-electron chi connectivity index (χ4n) is 2.84. The maximum Gasteiger partial charge on any atom is 0.267 e. The molecule has 1 aromatic carbocycles. The zero-order valence-corrected chi connectivity index (χ0v) is 18.8. The Balaban J connectivity index is 1.39. The van der Waals surface area contributed by atoms with E-state index in [1.54, 1.807) is 6.07 Å². The molecule has 0 spiro atoms. The molecule has 1 amide bonds. The Morgan fingerprint density at radius 3 is 2.87 bits per heavy atom. The molecule has 0 bridgehead atoms. The number of aromatic nitrogens is 3. The van der Waals surface area contributed by atoms with Crippen molar-refractivity contribution in [2.24, 2.45) is 0 Å². The number of carbonyl (C=O) groups is 1. The van der Waals surface area contributed by atoms with E-state index in [4.69, 9.17) is 16.3 Å². The highest BCUT2D eigenvalue weighted by molar-refractivity contribution is 7.14. The zero-order chi connectivity index (χ0) is 21.1. The summed E-state index contributed by atoms with van der Waals surface area (Å²) in [5.74, 6) is 0.430. The van der Waals surface area contributed by atoms with E-state index in [0.29, 0.717) is 27.4 Å². The summed E-state index contributed by atoms with van der Waals surface area (Å²) in [5.41, 5.74) is 3.62. The Morgan fingerprint density at radius 1 is 1.27 bits per heavy atom. The van der Waals surface area contributed by atoms with Gasteiger partial charge in [0.05, 0.1) is 21.3 Å². The van der Waals surface area contributed by atoms with Gasteiger partial charge < -0.3 is 4.74 Å². The molecule has 1 N–H and O–H groups in total. The van der Waals surface area contributed by atoms with Crippen molar-refractivity contribution in [1.29, 1.82) is 0 Å². The molecule has 0 atom stereocenters. The highest BCUT2D eigenvalue weighted by Gasteiger charge is 2.15. The van der Waals surface area contributed by atoms with Gasteiger partial charge >= 0.3 is 0 Å². The summed E-state index contributed by atoms with van der Waals surface area (Å²) >= 11 is 8.87. The number of halogens is 1. The van der Waals surface area contributed by atoms with E-state index in [-0.39, 0.29) is 5.91 Å². The third kappa shape index (κ3) is 4.56. The number of aryl methyl sites for hydroxylation is 2. The molecule has 0 saturated carbocycles. The number of anilines is 1. The quantitative estimate of drug-likeness (QED) is 0.375. The highest BCUT2D eigenvalue weighted by atomic mass is 35.5. The maximum absolute atomic E-state index is 12.6. The average molecular weight is 459 g/mol. The standard InChI is InChI=1S/C21H19ClN4O2S2/c1-3-26-9-15(13(2)25-26)17-12-30-21(23-17)24-20(27)19-8-14(11-29-19)10-28-18-7-5-4-6-16(18)22/h4-9,11-12H,3,10H2,1-2H3,(H,23,24,27). The van der Waals surface area contributed by atoms with Gasteiger partial charge in [-0.15, -0.1) is 22.7 Å². The summed E-state index contributed by atoms with van der Waals surface area (Å²) in [6.45, 7) is 5.14. The van der Waals surface area contributed by atoms with Gasteiger partial charge in [0.1, 0.15) is 12.4 Å². The summed E-state index contributed by atoms with van der Waals surface area (Å²) in [4.78, 5) is 17.7. The molecular weight excluding hydrogens is 440 g/mol.